The molecule has 41 heavy (non-hydrogen) atoms. The normalized spacial score (nSPS) is 13.6. The molecule has 0 aromatic heterocycles. The molecule has 0 spiro atoms. The van der Waals surface area contributed by atoms with E-state index in [4.69, 9.17) is 0 Å². The predicted molar refractivity (Wildman–Crippen MR) is 179 cm³/mol. The summed E-state index contributed by atoms with van der Waals surface area (Å²) < 4.78 is 0. The van der Waals surface area contributed by atoms with Crippen LogP contribution in [0.25, 0.3) is 0 Å². The predicted octanol–water partition coefficient (Wildman–Crippen LogP) is 10.3. The molecular weight excluding hydrogens is 506 g/mol. The first-order valence-electron chi connectivity index (χ1n) is 17.7. The second-order valence-electron chi connectivity index (χ2n) is 11.9. The molecule has 0 aliphatic carbocycles. The molecule has 0 heterocycles. The summed E-state index contributed by atoms with van der Waals surface area (Å²) in [6, 6.07) is -0.637. The van der Waals surface area contributed by atoms with Gasteiger partial charge in [0, 0.05) is 6.42 Å². The Morgan fingerprint density at radius 3 is 1.41 bits per heavy atom. The van der Waals surface area contributed by atoms with Crippen LogP contribution in [-0.2, 0) is 4.79 Å². The van der Waals surface area contributed by atoms with E-state index in [2.05, 4.69) is 43.5 Å². The molecule has 1 amide bonds. The van der Waals surface area contributed by atoms with Gasteiger partial charge in [-0.15, -0.1) is 0 Å². The fraction of sp³-hybridized carbons (Fsp3) is 0.811. The van der Waals surface area contributed by atoms with Crippen LogP contribution in [0, 0.1) is 0 Å². The van der Waals surface area contributed by atoms with Gasteiger partial charge in [-0.2, -0.15) is 0 Å². The average molecular weight is 576 g/mol. The van der Waals surface area contributed by atoms with E-state index in [1.54, 1.807) is 6.08 Å². The minimum Gasteiger partial charge on any atom is -0.394 e. The van der Waals surface area contributed by atoms with Crippen LogP contribution < -0.4 is 5.32 Å². The average Bonchev–Trinajstić information content (AvgIpc) is 2.97. The van der Waals surface area contributed by atoms with Crippen LogP contribution in [-0.4, -0.2) is 34.9 Å². The molecule has 0 saturated carbocycles. The molecule has 0 aliphatic heterocycles. The van der Waals surface area contributed by atoms with Gasteiger partial charge in [-0.3, -0.25) is 4.79 Å². The SMILES string of the molecule is CCCCCCC/C=C/CC/C=C/C(O)C(CO)NC(=O)CCCCCCCCC/C=C\CCCCCCCCC. The summed E-state index contributed by atoms with van der Waals surface area (Å²) >= 11 is 0. The molecule has 0 fully saturated rings. The van der Waals surface area contributed by atoms with Crippen molar-refractivity contribution in [3.8, 4) is 0 Å². The molecule has 3 N–H and O–H groups in total. The highest BCUT2D eigenvalue weighted by molar-refractivity contribution is 5.76. The Bertz CT molecular complexity index is 628. The Kier molecular flexibility index (Phi) is 32.0. The molecule has 0 saturated heterocycles. The Hall–Kier alpha value is -1.39. The van der Waals surface area contributed by atoms with Gasteiger partial charge in [0.2, 0.25) is 5.91 Å². The second kappa shape index (κ2) is 33.1. The van der Waals surface area contributed by atoms with E-state index in [1.807, 2.05) is 6.08 Å². The van der Waals surface area contributed by atoms with Gasteiger partial charge in [-0.1, -0.05) is 147 Å². The summed E-state index contributed by atoms with van der Waals surface area (Å²) in [6.07, 6.45) is 42.3. The summed E-state index contributed by atoms with van der Waals surface area (Å²) in [5, 5.41) is 22.8. The van der Waals surface area contributed by atoms with Crippen molar-refractivity contribution in [2.45, 2.75) is 187 Å². The van der Waals surface area contributed by atoms with Crippen molar-refractivity contribution in [2.24, 2.45) is 0 Å². The van der Waals surface area contributed by atoms with Crippen molar-refractivity contribution < 1.29 is 15.0 Å². The minimum absolute atomic E-state index is 0.0818. The van der Waals surface area contributed by atoms with Gasteiger partial charge in [0.15, 0.2) is 0 Å². The molecular formula is C37H69NO3. The Morgan fingerprint density at radius 2 is 0.951 bits per heavy atom. The molecule has 0 aliphatic rings. The molecule has 0 aromatic rings. The number of hydrogen-bond acceptors (Lipinski definition) is 3. The fourth-order valence-electron chi connectivity index (χ4n) is 5.07. The van der Waals surface area contributed by atoms with Gasteiger partial charge >= 0.3 is 0 Å². The summed E-state index contributed by atoms with van der Waals surface area (Å²) in [4.78, 5) is 12.3. The van der Waals surface area contributed by atoms with Crippen LogP contribution in [0.2, 0.25) is 0 Å². The lowest BCUT2D eigenvalue weighted by atomic mass is 10.1. The van der Waals surface area contributed by atoms with Crippen LogP contribution >= 0.6 is 0 Å². The lowest BCUT2D eigenvalue weighted by Crippen LogP contribution is -2.45. The highest BCUT2D eigenvalue weighted by Gasteiger charge is 2.17. The number of amides is 1. The zero-order valence-electron chi connectivity index (χ0n) is 27.3. The van der Waals surface area contributed by atoms with Crippen LogP contribution in [0.4, 0.5) is 0 Å². The summed E-state index contributed by atoms with van der Waals surface area (Å²) in [6.45, 7) is 4.25. The van der Waals surface area contributed by atoms with Crippen molar-refractivity contribution in [1.82, 2.24) is 5.32 Å². The minimum atomic E-state index is -0.860. The summed E-state index contributed by atoms with van der Waals surface area (Å²) in [5.41, 5.74) is 0. The number of aliphatic hydroxyl groups excluding tert-OH is 2. The number of allylic oxidation sites excluding steroid dienone is 5. The third-order valence-corrected chi connectivity index (χ3v) is 7.85. The highest BCUT2D eigenvalue weighted by atomic mass is 16.3. The van der Waals surface area contributed by atoms with Gasteiger partial charge in [0.25, 0.3) is 0 Å². The van der Waals surface area contributed by atoms with E-state index in [9.17, 15) is 15.0 Å². The quantitative estimate of drug-likeness (QED) is 0.0569. The van der Waals surface area contributed by atoms with Gasteiger partial charge in [-0.05, 0) is 57.8 Å². The largest absolute Gasteiger partial charge is 0.394 e. The number of unbranched alkanes of at least 4 members (excludes halogenated alkanes) is 20. The van der Waals surface area contributed by atoms with E-state index < -0.39 is 12.1 Å². The number of hydrogen-bond donors (Lipinski definition) is 3. The molecule has 240 valence electrons. The summed E-state index contributed by atoms with van der Waals surface area (Å²) in [5.74, 6) is -0.0818. The van der Waals surface area contributed by atoms with Crippen LogP contribution in [0.1, 0.15) is 174 Å². The zero-order valence-corrected chi connectivity index (χ0v) is 27.3. The number of carbonyl (C=O) groups excluding carboxylic acids is 1. The molecule has 0 radical (unpaired) electrons. The number of nitrogens with one attached hydrogen (secondary N) is 1. The summed E-state index contributed by atoms with van der Waals surface area (Å²) in [7, 11) is 0. The lowest BCUT2D eigenvalue weighted by molar-refractivity contribution is -0.123. The van der Waals surface area contributed by atoms with Crippen molar-refractivity contribution in [3.05, 3.63) is 36.5 Å². The van der Waals surface area contributed by atoms with Crippen molar-refractivity contribution in [2.75, 3.05) is 6.61 Å². The smallest absolute Gasteiger partial charge is 0.220 e. The lowest BCUT2D eigenvalue weighted by Gasteiger charge is -2.19. The maximum absolute atomic E-state index is 12.3. The molecule has 0 rings (SSSR count). The van der Waals surface area contributed by atoms with E-state index >= 15 is 0 Å². The van der Waals surface area contributed by atoms with Gasteiger partial charge in [0.05, 0.1) is 18.8 Å². The van der Waals surface area contributed by atoms with Crippen molar-refractivity contribution >= 4 is 5.91 Å². The zero-order chi connectivity index (χ0) is 30.1. The molecule has 0 aromatic carbocycles. The maximum Gasteiger partial charge on any atom is 0.220 e. The van der Waals surface area contributed by atoms with Crippen molar-refractivity contribution in [3.63, 3.8) is 0 Å². The van der Waals surface area contributed by atoms with Crippen LogP contribution in [0.3, 0.4) is 0 Å². The molecule has 4 nitrogen and oxygen atoms in total. The Balaban J connectivity index is 3.65. The first kappa shape index (κ1) is 39.6. The number of carbonyl (C=O) groups is 1. The van der Waals surface area contributed by atoms with E-state index in [0.29, 0.717) is 6.42 Å². The monoisotopic (exact) mass is 576 g/mol. The number of aliphatic hydroxyl groups is 2. The van der Waals surface area contributed by atoms with E-state index in [1.165, 1.54) is 122 Å². The van der Waals surface area contributed by atoms with Gasteiger partial charge < -0.3 is 15.5 Å². The van der Waals surface area contributed by atoms with Gasteiger partial charge in [0.1, 0.15) is 0 Å². The standard InChI is InChI=1S/C37H69NO3/c1-3-5-7-9-11-13-15-16-17-18-19-20-21-23-25-27-29-31-33-37(41)38-35(34-39)36(40)32-30-28-26-24-22-14-12-10-8-6-4-2/h17-18,22,24,30,32,35-36,39-40H,3-16,19-21,23,25-29,31,33-34H2,1-2H3,(H,38,41)/b18-17-,24-22+,32-30+. The maximum atomic E-state index is 12.3. The number of rotatable bonds is 31. The third kappa shape index (κ3) is 29.9. The van der Waals surface area contributed by atoms with E-state index in [-0.39, 0.29) is 12.5 Å². The fourth-order valence-corrected chi connectivity index (χ4v) is 5.07. The first-order valence-corrected chi connectivity index (χ1v) is 17.7. The molecule has 2 atom stereocenters. The second-order valence-corrected chi connectivity index (χ2v) is 11.9. The van der Waals surface area contributed by atoms with Crippen LogP contribution in [0.15, 0.2) is 36.5 Å². The van der Waals surface area contributed by atoms with Crippen LogP contribution in [0.5, 0.6) is 0 Å². The topological polar surface area (TPSA) is 69.6 Å². The molecule has 0 bridgehead atoms. The van der Waals surface area contributed by atoms with E-state index in [0.717, 1.165) is 32.1 Å². The third-order valence-electron chi connectivity index (χ3n) is 7.85. The Labute approximate surface area is 255 Å². The highest BCUT2D eigenvalue weighted by Crippen LogP contribution is 2.12. The first-order chi connectivity index (χ1) is 20.2. The Morgan fingerprint density at radius 1 is 0.561 bits per heavy atom. The van der Waals surface area contributed by atoms with Crippen molar-refractivity contribution in [1.29, 1.82) is 0 Å². The molecule has 2 unspecified atom stereocenters. The molecule has 4 heteroatoms. The van der Waals surface area contributed by atoms with Gasteiger partial charge in [-0.25, -0.2) is 0 Å².